The minimum atomic E-state index is -0.336. The molecule has 74 valence electrons. The summed E-state index contributed by atoms with van der Waals surface area (Å²) in [5.41, 5.74) is 0. The van der Waals surface area contributed by atoms with Gasteiger partial charge in [0, 0.05) is 18.5 Å². The SMILES string of the molecule is O=C1CC[C@H]2CCC(CC(Cl)Cl)N12. The van der Waals surface area contributed by atoms with Crippen molar-refractivity contribution in [2.75, 3.05) is 0 Å². The van der Waals surface area contributed by atoms with Crippen LogP contribution in [0.25, 0.3) is 0 Å². The average Bonchev–Trinajstić information content (AvgIpc) is 2.56. The molecule has 1 amide bonds. The van der Waals surface area contributed by atoms with Crippen LogP contribution in [0.3, 0.4) is 0 Å². The molecule has 1 unspecified atom stereocenters. The van der Waals surface area contributed by atoms with E-state index in [1.807, 2.05) is 4.90 Å². The second-order valence-corrected chi connectivity index (χ2v) is 5.13. The zero-order valence-corrected chi connectivity index (χ0v) is 8.89. The van der Waals surface area contributed by atoms with Gasteiger partial charge in [-0.3, -0.25) is 4.79 Å². The molecule has 2 aliphatic heterocycles. The van der Waals surface area contributed by atoms with Gasteiger partial charge in [0.15, 0.2) is 0 Å². The summed E-state index contributed by atoms with van der Waals surface area (Å²) in [4.78, 5) is 13.2. The molecule has 2 atom stereocenters. The third-order valence-corrected chi connectivity index (χ3v) is 3.41. The summed E-state index contributed by atoms with van der Waals surface area (Å²) in [6, 6.07) is 0.796. The van der Waals surface area contributed by atoms with E-state index in [1.54, 1.807) is 0 Å². The fourth-order valence-corrected chi connectivity index (χ4v) is 2.92. The molecule has 2 fully saturated rings. The van der Waals surface area contributed by atoms with Gasteiger partial charge < -0.3 is 4.90 Å². The van der Waals surface area contributed by atoms with E-state index in [0.717, 1.165) is 32.1 Å². The highest BCUT2D eigenvalue weighted by Gasteiger charge is 2.41. The van der Waals surface area contributed by atoms with Crippen molar-refractivity contribution in [2.24, 2.45) is 0 Å². The molecule has 4 heteroatoms. The molecule has 0 aliphatic carbocycles. The van der Waals surface area contributed by atoms with Crippen molar-refractivity contribution in [3.05, 3.63) is 0 Å². The Bertz CT molecular complexity index is 220. The average molecular weight is 222 g/mol. The second kappa shape index (κ2) is 3.66. The van der Waals surface area contributed by atoms with Crippen LogP contribution in [0.15, 0.2) is 0 Å². The van der Waals surface area contributed by atoms with E-state index in [1.165, 1.54) is 0 Å². The maximum Gasteiger partial charge on any atom is 0.223 e. The molecule has 2 saturated heterocycles. The van der Waals surface area contributed by atoms with Gasteiger partial charge in [-0.05, 0) is 25.7 Å². The first-order valence-electron chi connectivity index (χ1n) is 4.78. The van der Waals surface area contributed by atoms with Crippen LogP contribution in [-0.4, -0.2) is 27.7 Å². The van der Waals surface area contributed by atoms with Crippen molar-refractivity contribution in [2.45, 2.75) is 49.0 Å². The number of fused-ring (bicyclic) bond motifs is 1. The molecular formula is C9H13Cl2NO. The summed E-state index contributed by atoms with van der Waals surface area (Å²) < 4.78 is 0. The van der Waals surface area contributed by atoms with Crippen molar-refractivity contribution in [3.8, 4) is 0 Å². The van der Waals surface area contributed by atoms with Crippen LogP contribution >= 0.6 is 23.2 Å². The van der Waals surface area contributed by atoms with E-state index in [9.17, 15) is 4.79 Å². The van der Waals surface area contributed by atoms with Gasteiger partial charge in [0.1, 0.15) is 4.84 Å². The third-order valence-electron chi connectivity index (χ3n) is 3.05. The number of carbonyl (C=O) groups excluding carboxylic acids is 1. The standard InChI is InChI=1S/C9H13Cl2NO/c10-8(11)5-7-2-1-6-3-4-9(13)12(6)7/h6-8H,1-5H2/t6-,7?/m1/s1. The van der Waals surface area contributed by atoms with Gasteiger partial charge in [0.05, 0.1) is 0 Å². The third kappa shape index (κ3) is 1.79. The van der Waals surface area contributed by atoms with E-state index in [0.29, 0.717) is 18.0 Å². The Labute approximate surface area is 88.2 Å². The van der Waals surface area contributed by atoms with Gasteiger partial charge in [0.2, 0.25) is 5.91 Å². The lowest BCUT2D eigenvalue weighted by Gasteiger charge is -2.24. The zero-order valence-electron chi connectivity index (χ0n) is 7.38. The molecule has 2 heterocycles. The number of halogens is 2. The van der Waals surface area contributed by atoms with Gasteiger partial charge in [-0.25, -0.2) is 0 Å². The number of nitrogens with zero attached hydrogens (tertiary/aromatic N) is 1. The van der Waals surface area contributed by atoms with Gasteiger partial charge in [-0.2, -0.15) is 0 Å². The van der Waals surface area contributed by atoms with E-state index in [4.69, 9.17) is 23.2 Å². The predicted molar refractivity (Wildman–Crippen MR) is 53.0 cm³/mol. The number of amides is 1. The number of hydrogen-bond acceptors (Lipinski definition) is 1. The summed E-state index contributed by atoms with van der Waals surface area (Å²) in [6.07, 6.45) is 4.69. The van der Waals surface area contributed by atoms with Crippen molar-refractivity contribution < 1.29 is 4.79 Å². The lowest BCUT2D eigenvalue weighted by molar-refractivity contribution is -0.129. The van der Waals surface area contributed by atoms with E-state index in [-0.39, 0.29) is 4.84 Å². The van der Waals surface area contributed by atoms with Crippen LogP contribution in [0, 0.1) is 0 Å². The largest absolute Gasteiger partial charge is 0.337 e. The predicted octanol–water partition coefficient (Wildman–Crippen LogP) is 2.33. The van der Waals surface area contributed by atoms with Crippen molar-refractivity contribution in [3.63, 3.8) is 0 Å². The first-order valence-corrected chi connectivity index (χ1v) is 5.65. The van der Waals surface area contributed by atoms with E-state index >= 15 is 0 Å². The Morgan fingerprint density at radius 3 is 2.85 bits per heavy atom. The van der Waals surface area contributed by atoms with Crippen molar-refractivity contribution >= 4 is 29.1 Å². The molecule has 2 aliphatic rings. The van der Waals surface area contributed by atoms with Crippen LogP contribution in [0.5, 0.6) is 0 Å². The molecule has 0 saturated carbocycles. The van der Waals surface area contributed by atoms with Crippen molar-refractivity contribution in [1.29, 1.82) is 0 Å². The van der Waals surface area contributed by atoms with E-state index in [2.05, 4.69) is 0 Å². The van der Waals surface area contributed by atoms with Crippen LogP contribution in [0.1, 0.15) is 32.1 Å². The van der Waals surface area contributed by atoms with Crippen LogP contribution < -0.4 is 0 Å². The number of rotatable bonds is 2. The molecule has 0 aromatic heterocycles. The Kier molecular flexibility index (Phi) is 2.70. The molecule has 0 bridgehead atoms. The van der Waals surface area contributed by atoms with Gasteiger partial charge >= 0.3 is 0 Å². The smallest absolute Gasteiger partial charge is 0.223 e. The van der Waals surface area contributed by atoms with Gasteiger partial charge in [-0.1, -0.05) is 0 Å². The highest BCUT2D eigenvalue weighted by Crippen LogP contribution is 2.36. The Morgan fingerprint density at radius 2 is 2.15 bits per heavy atom. The summed E-state index contributed by atoms with van der Waals surface area (Å²) in [5, 5.41) is 0. The quantitative estimate of drug-likeness (QED) is 0.656. The summed E-state index contributed by atoms with van der Waals surface area (Å²) in [7, 11) is 0. The molecule has 0 N–H and O–H groups in total. The first kappa shape index (κ1) is 9.60. The maximum absolute atomic E-state index is 11.5. The normalized spacial score (nSPS) is 33.2. The maximum atomic E-state index is 11.5. The molecule has 0 aromatic rings. The zero-order chi connectivity index (χ0) is 9.42. The fourth-order valence-electron chi connectivity index (χ4n) is 2.51. The Balaban J connectivity index is 2.02. The summed E-state index contributed by atoms with van der Waals surface area (Å²) >= 11 is 11.4. The fraction of sp³-hybridized carbons (Fsp3) is 0.889. The molecule has 0 spiro atoms. The molecule has 0 aromatic carbocycles. The minimum absolute atomic E-state index is 0.293. The Morgan fingerprint density at radius 1 is 1.38 bits per heavy atom. The number of carbonyl (C=O) groups is 1. The lowest BCUT2D eigenvalue weighted by Crippen LogP contribution is -2.35. The Hall–Kier alpha value is 0.0500. The number of alkyl halides is 2. The summed E-state index contributed by atoms with van der Waals surface area (Å²) in [6.45, 7) is 0. The number of hydrogen-bond donors (Lipinski definition) is 0. The van der Waals surface area contributed by atoms with Gasteiger partial charge in [-0.15, -0.1) is 23.2 Å². The monoisotopic (exact) mass is 221 g/mol. The van der Waals surface area contributed by atoms with Crippen LogP contribution in [-0.2, 0) is 4.79 Å². The summed E-state index contributed by atoms with van der Waals surface area (Å²) in [5.74, 6) is 0.293. The highest BCUT2D eigenvalue weighted by atomic mass is 35.5. The molecule has 13 heavy (non-hydrogen) atoms. The van der Waals surface area contributed by atoms with Crippen LogP contribution in [0.2, 0.25) is 0 Å². The van der Waals surface area contributed by atoms with Crippen molar-refractivity contribution in [1.82, 2.24) is 4.90 Å². The molecule has 0 radical (unpaired) electrons. The lowest BCUT2D eigenvalue weighted by atomic mass is 10.1. The van der Waals surface area contributed by atoms with Crippen LogP contribution in [0.4, 0.5) is 0 Å². The first-order chi connectivity index (χ1) is 6.18. The highest BCUT2D eigenvalue weighted by molar-refractivity contribution is 6.44. The molecular weight excluding hydrogens is 209 g/mol. The minimum Gasteiger partial charge on any atom is -0.337 e. The second-order valence-electron chi connectivity index (χ2n) is 3.85. The molecule has 2 nitrogen and oxygen atoms in total. The van der Waals surface area contributed by atoms with Gasteiger partial charge in [0.25, 0.3) is 0 Å². The van der Waals surface area contributed by atoms with E-state index < -0.39 is 0 Å². The molecule has 2 rings (SSSR count). The topological polar surface area (TPSA) is 20.3 Å².